The van der Waals surface area contributed by atoms with Crippen LogP contribution in [0.4, 0.5) is 11.4 Å². The standard InChI is InChI=1S/C18H21N5O6S/c1-3-29-13(25)8-21-12(24)9-23(10-6-4-5-7-11(10)28-2)18(27)16-14(19)15(17(20)26)22-30-16/h4-7H,3,8-9,19H2,1-2H3,(H2,20,26)(H,21,24). The third-order valence-corrected chi connectivity index (χ3v) is 4.66. The highest BCUT2D eigenvalue weighted by atomic mass is 32.1. The fourth-order valence-electron chi connectivity index (χ4n) is 2.45. The molecule has 12 heteroatoms. The Labute approximate surface area is 176 Å². The van der Waals surface area contributed by atoms with Crippen LogP contribution in [0.3, 0.4) is 0 Å². The molecule has 5 N–H and O–H groups in total. The zero-order chi connectivity index (χ0) is 22.3. The van der Waals surface area contributed by atoms with Gasteiger partial charge in [0.05, 0.1) is 25.1 Å². The van der Waals surface area contributed by atoms with Crippen LogP contribution in [0.2, 0.25) is 0 Å². The molecule has 0 saturated heterocycles. The van der Waals surface area contributed by atoms with Crippen molar-refractivity contribution in [3.8, 4) is 5.75 Å². The molecule has 0 bridgehead atoms. The van der Waals surface area contributed by atoms with Crippen LogP contribution in [-0.4, -0.2) is 54.9 Å². The fraction of sp³-hybridized carbons (Fsp3) is 0.278. The number of aromatic nitrogens is 1. The van der Waals surface area contributed by atoms with Gasteiger partial charge >= 0.3 is 5.97 Å². The number of methoxy groups -OCH3 is 1. The summed E-state index contributed by atoms with van der Waals surface area (Å²) in [4.78, 5) is 49.5. The van der Waals surface area contributed by atoms with E-state index in [1.807, 2.05) is 0 Å². The van der Waals surface area contributed by atoms with E-state index in [0.29, 0.717) is 17.3 Å². The molecule has 2 aromatic rings. The van der Waals surface area contributed by atoms with E-state index in [2.05, 4.69) is 9.69 Å². The molecule has 0 spiro atoms. The third kappa shape index (κ3) is 5.23. The number of nitrogens with zero attached hydrogens (tertiary/aromatic N) is 2. The molecule has 0 atom stereocenters. The fourth-order valence-corrected chi connectivity index (χ4v) is 3.21. The van der Waals surface area contributed by atoms with Crippen molar-refractivity contribution in [3.63, 3.8) is 0 Å². The monoisotopic (exact) mass is 435 g/mol. The predicted octanol–water partition coefficient (Wildman–Crippen LogP) is 0.159. The lowest BCUT2D eigenvalue weighted by molar-refractivity contribution is -0.143. The number of amides is 3. The Kier molecular flexibility index (Phi) is 7.69. The molecule has 1 aromatic carbocycles. The maximum Gasteiger partial charge on any atom is 0.325 e. The Morgan fingerprint density at radius 1 is 1.23 bits per heavy atom. The highest BCUT2D eigenvalue weighted by Crippen LogP contribution is 2.31. The van der Waals surface area contributed by atoms with Crippen LogP contribution in [-0.2, 0) is 14.3 Å². The lowest BCUT2D eigenvalue weighted by Crippen LogP contribution is -2.42. The molecular formula is C18H21N5O6S. The van der Waals surface area contributed by atoms with E-state index in [4.69, 9.17) is 20.9 Å². The summed E-state index contributed by atoms with van der Waals surface area (Å²) in [5.41, 5.74) is 10.9. The van der Waals surface area contributed by atoms with Crippen LogP contribution in [0.5, 0.6) is 5.75 Å². The zero-order valence-corrected chi connectivity index (χ0v) is 17.2. The Morgan fingerprint density at radius 2 is 1.93 bits per heavy atom. The second-order valence-corrected chi connectivity index (χ2v) is 6.56. The molecule has 0 unspecified atom stereocenters. The van der Waals surface area contributed by atoms with E-state index in [9.17, 15) is 19.2 Å². The van der Waals surface area contributed by atoms with Gasteiger partial charge in [0.1, 0.15) is 23.7 Å². The number of para-hydroxylation sites is 2. The number of benzene rings is 1. The second kappa shape index (κ2) is 10.2. The van der Waals surface area contributed by atoms with Crippen molar-refractivity contribution in [1.82, 2.24) is 9.69 Å². The Morgan fingerprint density at radius 3 is 2.53 bits per heavy atom. The summed E-state index contributed by atoms with van der Waals surface area (Å²) in [6, 6.07) is 6.52. The molecule has 30 heavy (non-hydrogen) atoms. The number of nitrogens with one attached hydrogen (secondary N) is 1. The summed E-state index contributed by atoms with van der Waals surface area (Å²) < 4.78 is 13.9. The first kappa shape index (κ1) is 22.6. The van der Waals surface area contributed by atoms with Gasteiger partial charge in [0.15, 0.2) is 5.69 Å². The van der Waals surface area contributed by atoms with Crippen molar-refractivity contribution in [1.29, 1.82) is 0 Å². The smallest absolute Gasteiger partial charge is 0.325 e. The van der Waals surface area contributed by atoms with Crippen molar-refractivity contribution in [3.05, 3.63) is 34.8 Å². The largest absolute Gasteiger partial charge is 0.495 e. The molecule has 2 rings (SSSR count). The number of hydrogen-bond acceptors (Lipinski definition) is 9. The average molecular weight is 435 g/mol. The van der Waals surface area contributed by atoms with Gasteiger partial charge in [-0.15, -0.1) is 0 Å². The van der Waals surface area contributed by atoms with E-state index < -0.39 is 30.2 Å². The van der Waals surface area contributed by atoms with Crippen molar-refractivity contribution in [2.24, 2.45) is 5.73 Å². The number of carbonyl (C=O) groups excluding carboxylic acids is 4. The van der Waals surface area contributed by atoms with E-state index in [-0.39, 0.29) is 35.1 Å². The molecule has 0 radical (unpaired) electrons. The minimum Gasteiger partial charge on any atom is -0.495 e. The molecule has 11 nitrogen and oxygen atoms in total. The molecular weight excluding hydrogens is 414 g/mol. The number of esters is 1. The first-order valence-electron chi connectivity index (χ1n) is 8.72. The number of nitrogen functional groups attached to an aromatic ring is 1. The number of nitrogens with two attached hydrogens (primary N) is 2. The number of rotatable bonds is 9. The molecule has 0 aliphatic rings. The second-order valence-electron chi connectivity index (χ2n) is 5.78. The van der Waals surface area contributed by atoms with Crippen molar-refractivity contribution >= 4 is 46.6 Å². The highest BCUT2D eigenvalue weighted by Gasteiger charge is 2.29. The SMILES string of the molecule is CCOC(=O)CNC(=O)CN(C(=O)c1snc(C(N)=O)c1N)c1ccccc1OC. The molecule has 0 aliphatic carbocycles. The molecule has 3 amide bonds. The summed E-state index contributed by atoms with van der Waals surface area (Å²) in [6.07, 6.45) is 0. The lowest BCUT2D eigenvalue weighted by Gasteiger charge is -2.23. The van der Waals surface area contributed by atoms with Gasteiger partial charge in [-0.3, -0.25) is 24.1 Å². The van der Waals surface area contributed by atoms with E-state index in [1.165, 1.54) is 7.11 Å². The van der Waals surface area contributed by atoms with Crippen LogP contribution in [0.15, 0.2) is 24.3 Å². The zero-order valence-electron chi connectivity index (χ0n) is 16.3. The molecule has 0 fully saturated rings. The Hall–Kier alpha value is -3.67. The van der Waals surface area contributed by atoms with Gasteiger partial charge in [-0.1, -0.05) is 12.1 Å². The summed E-state index contributed by atoms with van der Waals surface area (Å²) in [6.45, 7) is 1.01. The summed E-state index contributed by atoms with van der Waals surface area (Å²) in [7, 11) is 1.41. The topological polar surface area (TPSA) is 167 Å². The van der Waals surface area contributed by atoms with Crippen molar-refractivity contribution < 1.29 is 28.7 Å². The Bertz CT molecular complexity index is 960. The van der Waals surface area contributed by atoms with E-state index in [1.54, 1.807) is 31.2 Å². The number of hydrogen-bond donors (Lipinski definition) is 3. The number of primary amides is 1. The highest BCUT2D eigenvalue weighted by molar-refractivity contribution is 7.09. The Balaban J connectivity index is 2.34. The van der Waals surface area contributed by atoms with Gasteiger partial charge in [-0.25, -0.2) is 0 Å². The minimum absolute atomic E-state index is 0.0621. The van der Waals surface area contributed by atoms with Crippen LogP contribution < -0.4 is 26.4 Å². The van der Waals surface area contributed by atoms with Gasteiger partial charge in [0.25, 0.3) is 11.8 Å². The van der Waals surface area contributed by atoms with Crippen molar-refractivity contribution in [2.45, 2.75) is 6.92 Å². The number of carbonyl (C=O) groups is 4. The summed E-state index contributed by atoms with van der Waals surface area (Å²) >= 11 is 0.687. The van der Waals surface area contributed by atoms with Gasteiger partial charge in [0, 0.05) is 0 Å². The molecule has 1 aromatic heterocycles. The molecule has 0 aliphatic heterocycles. The maximum absolute atomic E-state index is 13.2. The summed E-state index contributed by atoms with van der Waals surface area (Å²) in [5.74, 6) is -2.48. The quantitative estimate of drug-likeness (QED) is 0.468. The number of anilines is 2. The van der Waals surface area contributed by atoms with Gasteiger partial charge in [-0.2, -0.15) is 4.37 Å². The summed E-state index contributed by atoms with van der Waals surface area (Å²) in [5, 5.41) is 2.38. The predicted molar refractivity (Wildman–Crippen MR) is 109 cm³/mol. The van der Waals surface area contributed by atoms with Gasteiger partial charge < -0.3 is 26.3 Å². The first-order valence-corrected chi connectivity index (χ1v) is 9.49. The lowest BCUT2D eigenvalue weighted by atomic mass is 10.2. The van der Waals surface area contributed by atoms with Crippen LogP contribution >= 0.6 is 11.5 Å². The maximum atomic E-state index is 13.2. The van der Waals surface area contributed by atoms with Crippen LogP contribution in [0, 0.1) is 0 Å². The molecule has 160 valence electrons. The van der Waals surface area contributed by atoms with E-state index >= 15 is 0 Å². The normalized spacial score (nSPS) is 10.2. The van der Waals surface area contributed by atoms with Crippen LogP contribution in [0.1, 0.15) is 27.1 Å². The third-order valence-electron chi connectivity index (χ3n) is 3.81. The van der Waals surface area contributed by atoms with Gasteiger partial charge in [-0.05, 0) is 30.6 Å². The van der Waals surface area contributed by atoms with Crippen LogP contribution in [0.25, 0.3) is 0 Å². The van der Waals surface area contributed by atoms with E-state index in [0.717, 1.165) is 4.90 Å². The van der Waals surface area contributed by atoms with Gasteiger partial charge in [0.2, 0.25) is 5.91 Å². The number of ether oxygens (including phenoxy) is 2. The molecule has 1 heterocycles. The average Bonchev–Trinajstić information content (AvgIpc) is 3.11. The van der Waals surface area contributed by atoms with Crippen molar-refractivity contribution in [2.75, 3.05) is 37.4 Å². The first-order chi connectivity index (χ1) is 14.3. The molecule has 0 saturated carbocycles. The minimum atomic E-state index is -0.876.